The molecule has 0 saturated carbocycles. The number of rotatable bonds is 5. The van der Waals surface area contributed by atoms with Crippen LogP contribution in [0, 0.1) is 0 Å². The molecule has 28 heavy (non-hydrogen) atoms. The van der Waals surface area contributed by atoms with Crippen molar-refractivity contribution >= 4 is 17.8 Å². The van der Waals surface area contributed by atoms with Gasteiger partial charge in [0.1, 0.15) is 6.04 Å². The number of benzene rings is 2. The maximum Gasteiger partial charge on any atom is 0.325 e. The first-order chi connectivity index (χ1) is 13.6. The van der Waals surface area contributed by atoms with Gasteiger partial charge in [0.15, 0.2) is 0 Å². The number of imide groups is 1. The Morgan fingerprint density at radius 1 is 1.00 bits per heavy atom. The van der Waals surface area contributed by atoms with Crippen molar-refractivity contribution in [2.75, 3.05) is 6.54 Å². The van der Waals surface area contributed by atoms with Crippen molar-refractivity contribution in [2.45, 2.75) is 38.4 Å². The van der Waals surface area contributed by atoms with Gasteiger partial charge in [-0.3, -0.25) is 14.5 Å². The highest BCUT2D eigenvalue weighted by Gasteiger charge is 2.38. The standard InChI is InChI=1S/C22H23N3O3/c26-20(24-13-12-17-8-4-5-9-18(17)15-24)11-10-19-21(27)25(22(28)23-19)14-16-6-2-1-3-7-16/h1-9,19H,10-15H2,(H,23,28). The lowest BCUT2D eigenvalue weighted by Gasteiger charge is -2.29. The van der Waals surface area contributed by atoms with Crippen LogP contribution in [0.5, 0.6) is 0 Å². The normalized spacial score (nSPS) is 18.8. The summed E-state index contributed by atoms with van der Waals surface area (Å²) in [5.74, 6) is -0.233. The van der Waals surface area contributed by atoms with E-state index in [1.165, 1.54) is 16.0 Å². The van der Waals surface area contributed by atoms with E-state index in [2.05, 4.69) is 17.4 Å². The van der Waals surface area contributed by atoms with Crippen LogP contribution in [0.4, 0.5) is 4.79 Å². The van der Waals surface area contributed by atoms with E-state index in [4.69, 9.17) is 0 Å². The molecule has 144 valence electrons. The third-order valence-corrected chi connectivity index (χ3v) is 5.42. The molecule has 2 aromatic rings. The Morgan fingerprint density at radius 3 is 2.50 bits per heavy atom. The Bertz CT molecular complexity index is 897. The fourth-order valence-corrected chi connectivity index (χ4v) is 3.82. The van der Waals surface area contributed by atoms with Gasteiger partial charge in [0.25, 0.3) is 5.91 Å². The fourth-order valence-electron chi connectivity index (χ4n) is 3.82. The van der Waals surface area contributed by atoms with E-state index in [1.54, 1.807) is 0 Å². The van der Waals surface area contributed by atoms with Crippen molar-refractivity contribution < 1.29 is 14.4 Å². The maximum atomic E-state index is 12.6. The van der Waals surface area contributed by atoms with Crippen molar-refractivity contribution in [3.05, 3.63) is 71.3 Å². The molecule has 4 amide bonds. The van der Waals surface area contributed by atoms with E-state index in [0.717, 1.165) is 12.0 Å². The quantitative estimate of drug-likeness (QED) is 0.814. The summed E-state index contributed by atoms with van der Waals surface area (Å²) < 4.78 is 0. The number of hydrogen-bond donors (Lipinski definition) is 1. The van der Waals surface area contributed by atoms with Crippen molar-refractivity contribution in [2.24, 2.45) is 0 Å². The first-order valence-corrected chi connectivity index (χ1v) is 9.62. The summed E-state index contributed by atoms with van der Waals surface area (Å²) in [6.07, 6.45) is 1.43. The van der Waals surface area contributed by atoms with Crippen LogP contribution in [0.1, 0.15) is 29.5 Å². The molecule has 1 unspecified atom stereocenters. The molecule has 4 rings (SSSR count). The zero-order valence-corrected chi connectivity index (χ0v) is 15.6. The van der Waals surface area contributed by atoms with Gasteiger partial charge in [0, 0.05) is 19.5 Å². The Balaban J connectivity index is 1.32. The summed E-state index contributed by atoms with van der Waals surface area (Å²) in [7, 11) is 0. The molecule has 0 aliphatic carbocycles. The molecule has 1 atom stereocenters. The van der Waals surface area contributed by atoms with E-state index in [-0.39, 0.29) is 24.8 Å². The molecule has 2 aromatic carbocycles. The van der Waals surface area contributed by atoms with Crippen LogP contribution in [0.25, 0.3) is 0 Å². The summed E-state index contributed by atoms with van der Waals surface area (Å²) in [6.45, 7) is 1.56. The van der Waals surface area contributed by atoms with Crippen LogP contribution in [0.15, 0.2) is 54.6 Å². The van der Waals surface area contributed by atoms with E-state index >= 15 is 0 Å². The predicted molar refractivity (Wildman–Crippen MR) is 104 cm³/mol. The fraction of sp³-hybridized carbons (Fsp3) is 0.318. The molecule has 0 radical (unpaired) electrons. The minimum absolute atomic E-state index is 0.0260. The number of carbonyl (C=O) groups excluding carboxylic acids is 3. The van der Waals surface area contributed by atoms with Crippen LogP contribution in [-0.2, 0) is 29.1 Å². The second-order valence-electron chi connectivity index (χ2n) is 7.28. The van der Waals surface area contributed by atoms with Crippen LogP contribution in [-0.4, -0.2) is 40.2 Å². The Hall–Kier alpha value is -3.15. The lowest BCUT2D eigenvalue weighted by Crippen LogP contribution is -2.37. The number of urea groups is 1. The third kappa shape index (κ3) is 3.76. The van der Waals surface area contributed by atoms with Gasteiger partial charge in [-0.25, -0.2) is 4.79 Å². The van der Waals surface area contributed by atoms with E-state index in [1.807, 2.05) is 47.4 Å². The minimum Gasteiger partial charge on any atom is -0.338 e. The molecule has 6 nitrogen and oxygen atoms in total. The number of carbonyl (C=O) groups is 3. The van der Waals surface area contributed by atoms with Gasteiger partial charge in [0.2, 0.25) is 5.91 Å². The summed E-state index contributed by atoms with van der Waals surface area (Å²) in [6, 6.07) is 16.5. The van der Waals surface area contributed by atoms with Crippen LogP contribution < -0.4 is 5.32 Å². The Labute approximate surface area is 164 Å². The second kappa shape index (κ2) is 7.84. The van der Waals surface area contributed by atoms with Crippen LogP contribution in [0.2, 0.25) is 0 Å². The highest BCUT2D eigenvalue weighted by atomic mass is 16.2. The van der Waals surface area contributed by atoms with Crippen LogP contribution in [0.3, 0.4) is 0 Å². The van der Waals surface area contributed by atoms with Gasteiger partial charge in [-0.1, -0.05) is 54.6 Å². The van der Waals surface area contributed by atoms with E-state index < -0.39 is 12.1 Å². The highest BCUT2D eigenvalue weighted by molar-refractivity contribution is 6.04. The Kier molecular flexibility index (Phi) is 5.10. The summed E-state index contributed by atoms with van der Waals surface area (Å²) in [4.78, 5) is 40.4. The molecule has 1 N–H and O–H groups in total. The van der Waals surface area contributed by atoms with E-state index in [9.17, 15) is 14.4 Å². The van der Waals surface area contributed by atoms with Crippen molar-refractivity contribution in [3.63, 3.8) is 0 Å². The number of nitrogens with zero attached hydrogens (tertiary/aromatic N) is 2. The maximum absolute atomic E-state index is 12.6. The third-order valence-electron chi connectivity index (χ3n) is 5.42. The molecule has 0 spiro atoms. The number of amides is 4. The molecule has 1 saturated heterocycles. The topological polar surface area (TPSA) is 69.7 Å². The molecule has 1 fully saturated rings. The first-order valence-electron chi connectivity index (χ1n) is 9.62. The smallest absolute Gasteiger partial charge is 0.325 e. The Morgan fingerprint density at radius 2 is 1.71 bits per heavy atom. The van der Waals surface area contributed by atoms with Crippen LogP contribution >= 0.6 is 0 Å². The lowest BCUT2D eigenvalue weighted by atomic mass is 9.99. The summed E-state index contributed by atoms with van der Waals surface area (Å²) in [5.41, 5.74) is 3.37. The lowest BCUT2D eigenvalue weighted by molar-refractivity contribution is -0.132. The predicted octanol–water partition coefficient (Wildman–Crippen LogP) is 2.47. The summed E-state index contributed by atoms with van der Waals surface area (Å²) in [5, 5.41) is 2.71. The van der Waals surface area contributed by atoms with Gasteiger partial charge in [0.05, 0.1) is 6.54 Å². The molecule has 0 bridgehead atoms. The SMILES string of the molecule is O=C(CCC1NC(=O)N(Cc2ccccc2)C1=O)N1CCc2ccccc2C1. The monoisotopic (exact) mass is 377 g/mol. The van der Waals surface area contributed by atoms with Gasteiger partial charge < -0.3 is 10.2 Å². The van der Waals surface area contributed by atoms with Crippen molar-refractivity contribution in [1.29, 1.82) is 0 Å². The first kappa shape index (κ1) is 18.2. The van der Waals surface area contributed by atoms with Gasteiger partial charge in [-0.15, -0.1) is 0 Å². The largest absolute Gasteiger partial charge is 0.338 e. The molecular weight excluding hydrogens is 354 g/mol. The number of nitrogens with one attached hydrogen (secondary N) is 1. The number of fused-ring (bicyclic) bond motifs is 1. The van der Waals surface area contributed by atoms with E-state index in [0.29, 0.717) is 19.5 Å². The molecule has 2 aliphatic rings. The van der Waals surface area contributed by atoms with Gasteiger partial charge in [-0.2, -0.15) is 0 Å². The molecule has 2 heterocycles. The molecular formula is C22H23N3O3. The average molecular weight is 377 g/mol. The summed E-state index contributed by atoms with van der Waals surface area (Å²) >= 11 is 0. The average Bonchev–Trinajstić information content (AvgIpc) is 3.00. The molecule has 0 aromatic heterocycles. The molecule has 6 heteroatoms. The zero-order valence-electron chi connectivity index (χ0n) is 15.6. The second-order valence-corrected chi connectivity index (χ2v) is 7.28. The van der Waals surface area contributed by atoms with Crippen molar-refractivity contribution in [1.82, 2.24) is 15.1 Å². The van der Waals surface area contributed by atoms with Gasteiger partial charge in [-0.05, 0) is 29.5 Å². The van der Waals surface area contributed by atoms with Gasteiger partial charge >= 0.3 is 6.03 Å². The van der Waals surface area contributed by atoms with Crippen molar-refractivity contribution in [3.8, 4) is 0 Å². The molecule has 2 aliphatic heterocycles. The number of hydrogen-bond acceptors (Lipinski definition) is 3. The highest BCUT2D eigenvalue weighted by Crippen LogP contribution is 2.20. The minimum atomic E-state index is -0.628. The zero-order chi connectivity index (χ0) is 19.5.